The van der Waals surface area contributed by atoms with Gasteiger partial charge in [0.2, 0.25) is 0 Å². The maximum absolute atomic E-state index is 12.8. The minimum Gasteiger partial charge on any atom is -0.494 e. The zero-order valence-electron chi connectivity index (χ0n) is 15.0. The molecule has 9 nitrogen and oxygen atoms in total. The fourth-order valence-corrected chi connectivity index (χ4v) is 2.09. The standard InChI is InChI=1S/C18H17FN2O7/c1-11(28-17(22)10-27-14-6-3-12(19)4-7-14)18(23)20-15-8-5-13(21(24)25)9-16(15)26-2/h3-9,11H,10H2,1-2H3,(H,20,23)/t11-/m1/s1. The average molecular weight is 392 g/mol. The van der Waals surface area contributed by atoms with Crippen LogP contribution in [-0.4, -0.2) is 36.6 Å². The van der Waals surface area contributed by atoms with Crippen LogP contribution >= 0.6 is 0 Å². The third-order valence-corrected chi connectivity index (χ3v) is 3.50. The van der Waals surface area contributed by atoms with Crippen LogP contribution in [0.3, 0.4) is 0 Å². The smallest absolute Gasteiger partial charge is 0.344 e. The van der Waals surface area contributed by atoms with Gasteiger partial charge in [0.25, 0.3) is 11.6 Å². The molecular formula is C18H17FN2O7. The molecule has 2 aromatic rings. The monoisotopic (exact) mass is 392 g/mol. The number of non-ortho nitro benzene ring substituents is 1. The number of carbonyl (C=O) groups is 2. The second kappa shape index (κ2) is 9.31. The van der Waals surface area contributed by atoms with Gasteiger partial charge in [-0.15, -0.1) is 0 Å². The van der Waals surface area contributed by atoms with Crippen LogP contribution in [0.15, 0.2) is 42.5 Å². The Morgan fingerprint density at radius 3 is 2.50 bits per heavy atom. The van der Waals surface area contributed by atoms with E-state index in [0.717, 1.165) is 6.07 Å². The van der Waals surface area contributed by atoms with E-state index in [1.54, 1.807) is 0 Å². The molecule has 0 unspecified atom stereocenters. The van der Waals surface area contributed by atoms with Crippen molar-refractivity contribution in [2.75, 3.05) is 19.0 Å². The van der Waals surface area contributed by atoms with Gasteiger partial charge in [0.05, 0.1) is 23.8 Å². The number of benzene rings is 2. The van der Waals surface area contributed by atoms with Crippen molar-refractivity contribution in [2.45, 2.75) is 13.0 Å². The average Bonchev–Trinajstić information content (AvgIpc) is 2.67. The predicted octanol–water partition coefficient (Wildman–Crippen LogP) is 2.69. The molecule has 1 N–H and O–H groups in total. The summed E-state index contributed by atoms with van der Waals surface area (Å²) in [5, 5.41) is 13.3. The third kappa shape index (κ3) is 5.66. The first-order valence-electron chi connectivity index (χ1n) is 8.01. The van der Waals surface area contributed by atoms with Gasteiger partial charge in [-0.1, -0.05) is 0 Å². The normalized spacial score (nSPS) is 11.2. The van der Waals surface area contributed by atoms with Crippen LogP contribution in [0, 0.1) is 15.9 Å². The molecular weight excluding hydrogens is 375 g/mol. The van der Waals surface area contributed by atoms with E-state index in [1.165, 1.54) is 50.4 Å². The molecule has 28 heavy (non-hydrogen) atoms. The summed E-state index contributed by atoms with van der Waals surface area (Å²) >= 11 is 0. The lowest BCUT2D eigenvalue weighted by Gasteiger charge is -2.15. The molecule has 0 spiro atoms. The topological polar surface area (TPSA) is 117 Å². The van der Waals surface area contributed by atoms with Crippen molar-refractivity contribution in [1.29, 1.82) is 0 Å². The van der Waals surface area contributed by atoms with Crippen LogP contribution in [0.5, 0.6) is 11.5 Å². The van der Waals surface area contributed by atoms with Gasteiger partial charge < -0.3 is 19.5 Å². The van der Waals surface area contributed by atoms with Gasteiger partial charge in [-0.2, -0.15) is 0 Å². The predicted molar refractivity (Wildman–Crippen MR) is 95.7 cm³/mol. The van der Waals surface area contributed by atoms with Crippen molar-refractivity contribution in [1.82, 2.24) is 0 Å². The van der Waals surface area contributed by atoms with Crippen molar-refractivity contribution < 1.29 is 33.1 Å². The van der Waals surface area contributed by atoms with Crippen LogP contribution in [-0.2, 0) is 14.3 Å². The number of halogens is 1. The van der Waals surface area contributed by atoms with Gasteiger partial charge in [0.15, 0.2) is 12.7 Å². The molecule has 0 radical (unpaired) electrons. The van der Waals surface area contributed by atoms with E-state index < -0.39 is 35.3 Å². The number of hydrogen-bond acceptors (Lipinski definition) is 7. The molecule has 0 saturated heterocycles. The Hall–Kier alpha value is -3.69. The maximum Gasteiger partial charge on any atom is 0.344 e. The second-order valence-corrected chi connectivity index (χ2v) is 5.51. The summed E-state index contributed by atoms with van der Waals surface area (Å²) in [7, 11) is 1.30. The molecule has 148 valence electrons. The number of ether oxygens (including phenoxy) is 3. The number of nitrogens with one attached hydrogen (secondary N) is 1. The van der Waals surface area contributed by atoms with E-state index in [-0.39, 0.29) is 22.9 Å². The van der Waals surface area contributed by atoms with Gasteiger partial charge in [-0.05, 0) is 37.3 Å². The first kappa shape index (κ1) is 20.6. The first-order chi connectivity index (χ1) is 13.3. The summed E-state index contributed by atoms with van der Waals surface area (Å²) in [6.45, 7) is 0.882. The summed E-state index contributed by atoms with van der Waals surface area (Å²) in [5.41, 5.74) is -0.0178. The van der Waals surface area contributed by atoms with E-state index >= 15 is 0 Å². The molecule has 0 aliphatic heterocycles. The highest BCUT2D eigenvalue weighted by atomic mass is 19.1. The molecule has 0 bridgehead atoms. The Kier molecular flexibility index (Phi) is 6.85. The minimum absolute atomic E-state index is 0.0840. The van der Waals surface area contributed by atoms with E-state index in [0.29, 0.717) is 0 Å². The molecule has 0 fully saturated rings. The Morgan fingerprint density at radius 2 is 1.89 bits per heavy atom. The van der Waals surface area contributed by atoms with Crippen LogP contribution in [0.2, 0.25) is 0 Å². The molecule has 0 saturated carbocycles. The number of rotatable bonds is 8. The molecule has 1 atom stereocenters. The lowest BCUT2D eigenvalue weighted by molar-refractivity contribution is -0.384. The Morgan fingerprint density at radius 1 is 1.21 bits per heavy atom. The first-order valence-corrected chi connectivity index (χ1v) is 8.01. The highest BCUT2D eigenvalue weighted by Crippen LogP contribution is 2.29. The van der Waals surface area contributed by atoms with Gasteiger partial charge in [-0.25, -0.2) is 9.18 Å². The number of nitrogens with zero attached hydrogens (tertiary/aromatic N) is 1. The second-order valence-electron chi connectivity index (χ2n) is 5.51. The van der Waals surface area contributed by atoms with E-state index in [1.807, 2.05) is 0 Å². The van der Waals surface area contributed by atoms with E-state index in [2.05, 4.69) is 5.32 Å². The molecule has 0 aliphatic carbocycles. The number of nitro groups is 1. The Balaban J connectivity index is 1.90. The summed E-state index contributed by atoms with van der Waals surface area (Å²) in [6.07, 6.45) is -1.16. The fraction of sp³-hybridized carbons (Fsp3) is 0.222. The summed E-state index contributed by atoms with van der Waals surface area (Å²) in [5.74, 6) is -1.56. The van der Waals surface area contributed by atoms with E-state index in [4.69, 9.17) is 14.2 Å². The van der Waals surface area contributed by atoms with Gasteiger partial charge in [0.1, 0.15) is 17.3 Å². The maximum atomic E-state index is 12.8. The molecule has 0 heterocycles. The van der Waals surface area contributed by atoms with Crippen molar-refractivity contribution in [3.05, 3.63) is 58.4 Å². The molecule has 10 heteroatoms. The van der Waals surface area contributed by atoms with Gasteiger partial charge in [0, 0.05) is 6.07 Å². The molecule has 2 rings (SSSR count). The van der Waals surface area contributed by atoms with Crippen molar-refractivity contribution in [3.63, 3.8) is 0 Å². The SMILES string of the molecule is COc1cc([N+](=O)[O-])ccc1NC(=O)[C@@H](C)OC(=O)COc1ccc(F)cc1. The van der Waals surface area contributed by atoms with Gasteiger partial charge >= 0.3 is 5.97 Å². The number of methoxy groups -OCH3 is 1. The Bertz CT molecular complexity index is 871. The summed E-state index contributed by atoms with van der Waals surface area (Å²) in [4.78, 5) is 34.2. The van der Waals surface area contributed by atoms with E-state index in [9.17, 15) is 24.1 Å². The highest BCUT2D eigenvalue weighted by Gasteiger charge is 2.20. The number of esters is 1. The Labute approximate surface area is 159 Å². The summed E-state index contributed by atoms with van der Waals surface area (Å²) < 4.78 is 27.9. The zero-order valence-corrected chi connectivity index (χ0v) is 15.0. The lowest BCUT2D eigenvalue weighted by atomic mass is 10.2. The lowest BCUT2D eigenvalue weighted by Crippen LogP contribution is -2.31. The minimum atomic E-state index is -1.16. The van der Waals surface area contributed by atoms with Crippen molar-refractivity contribution in [3.8, 4) is 11.5 Å². The van der Waals surface area contributed by atoms with Crippen LogP contribution in [0.1, 0.15) is 6.92 Å². The summed E-state index contributed by atoms with van der Waals surface area (Å²) in [6, 6.07) is 8.71. The molecule has 2 aromatic carbocycles. The van der Waals surface area contributed by atoms with Crippen LogP contribution in [0.4, 0.5) is 15.8 Å². The zero-order chi connectivity index (χ0) is 20.7. The molecule has 0 aliphatic rings. The quantitative estimate of drug-likeness (QED) is 0.417. The van der Waals surface area contributed by atoms with Crippen LogP contribution < -0.4 is 14.8 Å². The van der Waals surface area contributed by atoms with Crippen LogP contribution in [0.25, 0.3) is 0 Å². The number of anilines is 1. The number of nitro benzene ring substituents is 1. The number of carbonyl (C=O) groups excluding carboxylic acids is 2. The number of hydrogen-bond donors (Lipinski definition) is 1. The molecule has 1 amide bonds. The highest BCUT2D eigenvalue weighted by molar-refractivity contribution is 5.96. The fourth-order valence-electron chi connectivity index (χ4n) is 2.09. The largest absolute Gasteiger partial charge is 0.494 e. The van der Waals surface area contributed by atoms with Crippen molar-refractivity contribution >= 4 is 23.3 Å². The third-order valence-electron chi connectivity index (χ3n) is 3.50. The number of amides is 1. The van der Waals surface area contributed by atoms with Gasteiger partial charge in [-0.3, -0.25) is 14.9 Å². The molecule has 0 aromatic heterocycles. The van der Waals surface area contributed by atoms with Crippen molar-refractivity contribution in [2.24, 2.45) is 0 Å².